The molecule has 1 N–H and O–H groups in total. The van der Waals surface area contributed by atoms with Crippen molar-refractivity contribution in [3.63, 3.8) is 0 Å². The SMILES string of the molecule is OCCC[C@H]1CC2(CI)O[C@@H](CCI)CCC2O1. The zero-order valence-corrected chi connectivity index (χ0v) is 14.9. The minimum atomic E-state index is -0.0462. The first-order valence-corrected chi connectivity index (χ1v) is 9.85. The highest BCUT2D eigenvalue weighted by atomic mass is 127. The first-order chi connectivity index (χ1) is 8.74. The number of rotatable bonds is 6. The Morgan fingerprint density at radius 2 is 2.00 bits per heavy atom. The minimum Gasteiger partial charge on any atom is -0.396 e. The second-order valence-corrected chi connectivity index (χ2v) is 7.15. The van der Waals surface area contributed by atoms with Gasteiger partial charge in [-0.2, -0.15) is 0 Å². The Morgan fingerprint density at radius 3 is 2.67 bits per heavy atom. The van der Waals surface area contributed by atoms with E-state index in [1.165, 1.54) is 4.43 Å². The number of hydrogen-bond donors (Lipinski definition) is 1. The quantitative estimate of drug-likeness (QED) is 0.470. The van der Waals surface area contributed by atoms with Gasteiger partial charge in [-0.05, 0) is 32.1 Å². The van der Waals surface area contributed by atoms with Crippen LogP contribution in [0.15, 0.2) is 0 Å². The van der Waals surface area contributed by atoms with Gasteiger partial charge < -0.3 is 14.6 Å². The monoisotopic (exact) mass is 480 g/mol. The smallest absolute Gasteiger partial charge is 0.106 e. The molecule has 5 heteroatoms. The van der Waals surface area contributed by atoms with E-state index >= 15 is 0 Å². The lowest BCUT2D eigenvalue weighted by Gasteiger charge is -2.41. The fraction of sp³-hybridized carbons (Fsp3) is 1.00. The van der Waals surface area contributed by atoms with Crippen LogP contribution < -0.4 is 0 Å². The van der Waals surface area contributed by atoms with Gasteiger partial charge in [0.1, 0.15) is 5.60 Å². The summed E-state index contributed by atoms with van der Waals surface area (Å²) < 4.78 is 14.7. The number of ether oxygens (including phenoxy) is 2. The van der Waals surface area contributed by atoms with Crippen molar-refractivity contribution in [2.75, 3.05) is 15.5 Å². The van der Waals surface area contributed by atoms with E-state index in [0.29, 0.717) is 6.10 Å². The average Bonchev–Trinajstić information content (AvgIpc) is 2.75. The predicted octanol–water partition coefficient (Wildman–Crippen LogP) is 3.09. The maximum Gasteiger partial charge on any atom is 0.106 e. The van der Waals surface area contributed by atoms with Crippen molar-refractivity contribution in [1.29, 1.82) is 0 Å². The highest BCUT2D eigenvalue weighted by Crippen LogP contribution is 2.44. The fourth-order valence-electron chi connectivity index (χ4n) is 3.09. The molecule has 0 radical (unpaired) electrons. The first kappa shape index (κ1) is 15.7. The van der Waals surface area contributed by atoms with Crippen molar-refractivity contribution < 1.29 is 14.6 Å². The van der Waals surface area contributed by atoms with Crippen LogP contribution in [0.4, 0.5) is 0 Å². The standard InChI is InChI=1S/C13H22I2O3/c14-6-5-10-3-4-12-13(9-15,18-10)8-11(17-12)2-1-7-16/h10-12,16H,1-9H2/t10-,11+,12?,13?/m1/s1. The molecule has 0 aromatic rings. The van der Waals surface area contributed by atoms with Crippen LogP contribution in [0.3, 0.4) is 0 Å². The van der Waals surface area contributed by atoms with E-state index < -0.39 is 0 Å². The third-order valence-electron chi connectivity index (χ3n) is 4.01. The molecular formula is C13H22I2O3. The molecule has 2 fully saturated rings. The molecule has 106 valence electrons. The van der Waals surface area contributed by atoms with Crippen molar-refractivity contribution in [2.24, 2.45) is 0 Å². The van der Waals surface area contributed by atoms with Crippen molar-refractivity contribution in [2.45, 2.75) is 62.4 Å². The summed E-state index contributed by atoms with van der Waals surface area (Å²) in [5.74, 6) is 0. The summed E-state index contributed by atoms with van der Waals surface area (Å²) in [7, 11) is 0. The van der Waals surface area contributed by atoms with Crippen molar-refractivity contribution in [3.8, 4) is 0 Å². The molecule has 0 amide bonds. The van der Waals surface area contributed by atoms with Crippen LogP contribution >= 0.6 is 45.2 Å². The van der Waals surface area contributed by atoms with Crippen LogP contribution in [0.1, 0.15) is 38.5 Å². The molecule has 2 rings (SSSR count). The highest BCUT2D eigenvalue weighted by Gasteiger charge is 2.51. The van der Waals surface area contributed by atoms with Crippen LogP contribution in [0.2, 0.25) is 0 Å². The van der Waals surface area contributed by atoms with Crippen LogP contribution in [-0.4, -0.2) is 44.5 Å². The zero-order chi connectivity index (χ0) is 13.0. The lowest BCUT2D eigenvalue weighted by atomic mass is 9.87. The Labute approximate surface area is 137 Å². The van der Waals surface area contributed by atoms with E-state index in [1.54, 1.807) is 0 Å². The van der Waals surface area contributed by atoms with E-state index in [0.717, 1.165) is 43.0 Å². The molecule has 0 aliphatic carbocycles. The Balaban J connectivity index is 1.96. The van der Waals surface area contributed by atoms with Gasteiger partial charge in [-0.3, -0.25) is 0 Å². The van der Waals surface area contributed by atoms with Crippen LogP contribution in [0.5, 0.6) is 0 Å². The number of hydrogen-bond acceptors (Lipinski definition) is 3. The molecule has 0 aromatic carbocycles. The molecule has 0 spiro atoms. The van der Waals surface area contributed by atoms with E-state index in [2.05, 4.69) is 45.2 Å². The third kappa shape index (κ3) is 3.51. The molecule has 0 saturated carbocycles. The molecule has 0 aromatic heterocycles. The molecule has 18 heavy (non-hydrogen) atoms. The van der Waals surface area contributed by atoms with E-state index in [1.807, 2.05) is 0 Å². The average molecular weight is 480 g/mol. The molecule has 3 nitrogen and oxygen atoms in total. The van der Waals surface area contributed by atoms with Gasteiger partial charge in [0.2, 0.25) is 0 Å². The molecule has 2 unspecified atom stereocenters. The maximum atomic E-state index is 8.93. The van der Waals surface area contributed by atoms with Gasteiger partial charge in [0, 0.05) is 21.9 Å². The summed E-state index contributed by atoms with van der Waals surface area (Å²) in [5.41, 5.74) is -0.0462. The summed E-state index contributed by atoms with van der Waals surface area (Å²) in [6, 6.07) is 0. The number of aliphatic hydroxyl groups excluding tert-OH is 1. The van der Waals surface area contributed by atoms with Crippen molar-refractivity contribution in [3.05, 3.63) is 0 Å². The summed E-state index contributed by atoms with van der Waals surface area (Å²) in [4.78, 5) is 0. The second-order valence-electron chi connectivity index (χ2n) is 5.31. The van der Waals surface area contributed by atoms with Gasteiger partial charge in [-0.25, -0.2) is 0 Å². The van der Waals surface area contributed by atoms with E-state index in [9.17, 15) is 0 Å². The van der Waals surface area contributed by atoms with Gasteiger partial charge in [-0.1, -0.05) is 45.2 Å². The first-order valence-electron chi connectivity index (χ1n) is 6.80. The lowest BCUT2D eigenvalue weighted by Crippen LogP contribution is -2.49. The van der Waals surface area contributed by atoms with E-state index in [-0.39, 0.29) is 24.4 Å². The Kier molecular flexibility index (Phi) is 6.44. The van der Waals surface area contributed by atoms with E-state index in [4.69, 9.17) is 14.6 Å². The summed E-state index contributed by atoms with van der Waals surface area (Å²) in [5, 5.41) is 8.93. The summed E-state index contributed by atoms with van der Waals surface area (Å²) in [6.45, 7) is 0.264. The summed E-state index contributed by atoms with van der Waals surface area (Å²) in [6.07, 6.45) is 7.24. The zero-order valence-electron chi connectivity index (χ0n) is 10.6. The van der Waals surface area contributed by atoms with Gasteiger partial charge >= 0.3 is 0 Å². The van der Waals surface area contributed by atoms with Crippen molar-refractivity contribution in [1.82, 2.24) is 0 Å². The van der Waals surface area contributed by atoms with Crippen molar-refractivity contribution >= 4 is 45.2 Å². The summed E-state index contributed by atoms with van der Waals surface area (Å²) >= 11 is 4.87. The predicted molar refractivity (Wildman–Crippen MR) is 88.8 cm³/mol. The number of halogens is 2. The molecule has 2 heterocycles. The molecule has 2 saturated heterocycles. The Hall–Kier alpha value is 1.34. The normalized spacial score (nSPS) is 39.8. The third-order valence-corrected chi connectivity index (χ3v) is 5.92. The topological polar surface area (TPSA) is 38.7 Å². The van der Waals surface area contributed by atoms with Crippen LogP contribution in [0, 0.1) is 0 Å². The van der Waals surface area contributed by atoms with Crippen LogP contribution in [-0.2, 0) is 9.47 Å². The molecule has 0 bridgehead atoms. The number of fused-ring (bicyclic) bond motifs is 1. The Bertz CT molecular complexity index is 265. The van der Waals surface area contributed by atoms with Gasteiger partial charge in [0.25, 0.3) is 0 Å². The van der Waals surface area contributed by atoms with Gasteiger partial charge in [0.15, 0.2) is 0 Å². The minimum absolute atomic E-state index is 0.0462. The second kappa shape index (κ2) is 7.38. The lowest BCUT2D eigenvalue weighted by molar-refractivity contribution is -0.151. The molecule has 2 aliphatic heterocycles. The maximum absolute atomic E-state index is 8.93. The fourth-order valence-corrected chi connectivity index (χ4v) is 4.77. The Morgan fingerprint density at radius 1 is 1.17 bits per heavy atom. The molecular weight excluding hydrogens is 458 g/mol. The molecule has 4 atom stereocenters. The van der Waals surface area contributed by atoms with Gasteiger partial charge in [-0.15, -0.1) is 0 Å². The van der Waals surface area contributed by atoms with Crippen LogP contribution in [0.25, 0.3) is 0 Å². The highest BCUT2D eigenvalue weighted by molar-refractivity contribution is 14.1. The molecule has 2 aliphatic rings. The largest absolute Gasteiger partial charge is 0.396 e. The number of aliphatic hydroxyl groups is 1. The van der Waals surface area contributed by atoms with Gasteiger partial charge in [0.05, 0.1) is 18.3 Å². The number of alkyl halides is 2.